The van der Waals surface area contributed by atoms with E-state index in [1.54, 1.807) is 0 Å². The Morgan fingerprint density at radius 2 is 1.84 bits per heavy atom. The minimum absolute atomic E-state index is 0.0660. The number of hydrogen-bond donors (Lipinski definition) is 1. The Balaban J connectivity index is 1.85. The summed E-state index contributed by atoms with van der Waals surface area (Å²) in [5.41, 5.74) is 9.30. The summed E-state index contributed by atoms with van der Waals surface area (Å²) in [5.74, 6) is 3.35. The monoisotopic (exact) mass is 339 g/mol. The van der Waals surface area contributed by atoms with E-state index < -0.39 is 0 Å². The number of hydrogen-bond acceptors (Lipinski definition) is 2. The summed E-state index contributed by atoms with van der Waals surface area (Å²) in [6, 6.07) is 6.91. The van der Waals surface area contributed by atoms with Gasteiger partial charge in [0.05, 0.1) is 0 Å². The molecule has 19 heavy (non-hydrogen) atoms. The lowest BCUT2D eigenvalue weighted by Crippen LogP contribution is -2.33. The maximum atomic E-state index is 6.55. The van der Waals surface area contributed by atoms with Gasteiger partial charge in [-0.15, -0.1) is 0 Å². The van der Waals surface area contributed by atoms with Crippen LogP contribution >= 0.6 is 27.7 Å². The highest BCUT2D eigenvalue weighted by molar-refractivity contribution is 9.10. The average molecular weight is 340 g/mol. The lowest BCUT2D eigenvalue weighted by molar-refractivity contribution is 0.461. The summed E-state index contributed by atoms with van der Waals surface area (Å²) in [5, 5.41) is 0. The Bertz CT molecular complexity index is 448. The van der Waals surface area contributed by atoms with Crippen LogP contribution in [0.5, 0.6) is 0 Å². The van der Waals surface area contributed by atoms with Crippen molar-refractivity contribution in [2.75, 3.05) is 11.5 Å². The van der Waals surface area contributed by atoms with Crippen LogP contribution in [0, 0.1) is 0 Å². The number of nitrogens with two attached hydrogens (primary N) is 1. The van der Waals surface area contributed by atoms with Crippen molar-refractivity contribution in [3.05, 3.63) is 33.8 Å². The Morgan fingerprint density at radius 1 is 1.16 bits per heavy atom. The summed E-state index contributed by atoms with van der Waals surface area (Å²) < 4.78 is 1.28. The maximum absolute atomic E-state index is 6.55. The molecule has 0 amide bonds. The van der Waals surface area contributed by atoms with E-state index >= 15 is 0 Å². The molecule has 0 spiro atoms. The van der Waals surface area contributed by atoms with E-state index in [2.05, 4.69) is 45.9 Å². The molecule has 1 saturated heterocycles. The first-order chi connectivity index (χ1) is 9.19. The zero-order valence-corrected chi connectivity index (χ0v) is 13.7. The van der Waals surface area contributed by atoms with Crippen molar-refractivity contribution in [1.82, 2.24) is 0 Å². The first-order valence-electron chi connectivity index (χ1n) is 7.36. The van der Waals surface area contributed by atoms with E-state index in [0.717, 1.165) is 18.8 Å². The summed E-state index contributed by atoms with van der Waals surface area (Å²) in [7, 11) is 0. The summed E-state index contributed by atoms with van der Waals surface area (Å²) >= 11 is 5.88. The molecule has 0 radical (unpaired) electrons. The van der Waals surface area contributed by atoms with Gasteiger partial charge in [-0.3, -0.25) is 0 Å². The molecule has 2 aliphatic rings. The van der Waals surface area contributed by atoms with Crippen LogP contribution in [0.1, 0.15) is 55.6 Å². The van der Waals surface area contributed by atoms with Crippen LogP contribution < -0.4 is 5.73 Å². The van der Waals surface area contributed by atoms with Gasteiger partial charge in [0.1, 0.15) is 0 Å². The van der Waals surface area contributed by atoms with Gasteiger partial charge < -0.3 is 5.73 Å². The van der Waals surface area contributed by atoms with Gasteiger partial charge in [-0.1, -0.05) is 40.9 Å². The van der Waals surface area contributed by atoms with Crippen LogP contribution in [0.25, 0.3) is 0 Å². The zero-order chi connectivity index (χ0) is 13.3. The molecule has 104 valence electrons. The van der Waals surface area contributed by atoms with Crippen LogP contribution in [0.3, 0.4) is 0 Å². The quantitative estimate of drug-likeness (QED) is 0.838. The van der Waals surface area contributed by atoms with Crippen molar-refractivity contribution >= 4 is 27.7 Å². The van der Waals surface area contributed by atoms with E-state index in [1.807, 2.05) is 0 Å². The predicted octanol–water partition coefficient (Wildman–Crippen LogP) is 4.79. The molecule has 1 heterocycles. The fourth-order valence-corrected chi connectivity index (χ4v) is 5.28. The second-order valence-electron chi connectivity index (χ2n) is 5.99. The molecule has 2 N–H and O–H groups in total. The lowest BCUT2D eigenvalue weighted by atomic mass is 9.86. The molecule has 1 aromatic carbocycles. The number of benzene rings is 1. The number of rotatable bonds is 2. The van der Waals surface area contributed by atoms with Gasteiger partial charge >= 0.3 is 0 Å². The van der Waals surface area contributed by atoms with Crippen LogP contribution in [0.15, 0.2) is 22.7 Å². The Labute approximate surface area is 128 Å². The maximum Gasteiger partial charge on any atom is 0.0410 e. The van der Waals surface area contributed by atoms with Crippen molar-refractivity contribution in [3.8, 4) is 0 Å². The molecule has 0 aromatic heterocycles. The second kappa shape index (κ2) is 5.79. The highest BCUT2D eigenvalue weighted by Gasteiger charge is 2.31. The standard InChI is InChI=1S/C16H22BrNS/c17-15-11-13(16(18)7-1-2-8-16)3-4-14(15)12-5-9-19-10-6-12/h3-4,11-12H,1-2,5-10,18H2. The van der Waals surface area contributed by atoms with Crippen molar-refractivity contribution in [2.24, 2.45) is 5.73 Å². The molecular weight excluding hydrogens is 318 g/mol. The third kappa shape index (κ3) is 2.88. The smallest absolute Gasteiger partial charge is 0.0410 e. The van der Waals surface area contributed by atoms with E-state index in [9.17, 15) is 0 Å². The first kappa shape index (κ1) is 14.0. The molecule has 1 aromatic rings. The topological polar surface area (TPSA) is 26.0 Å². The molecule has 0 bridgehead atoms. The molecule has 0 atom stereocenters. The Kier molecular flexibility index (Phi) is 4.25. The summed E-state index contributed by atoms with van der Waals surface area (Å²) in [4.78, 5) is 0. The SMILES string of the molecule is NC1(c2ccc(C3CCSCC3)c(Br)c2)CCCC1. The van der Waals surface area contributed by atoms with Crippen LogP contribution in [-0.2, 0) is 5.54 Å². The molecule has 1 aliphatic carbocycles. The van der Waals surface area contributed by atoms with Crippen LogP contribution in [0.4, 0.5) is 0 Å². The lowest BCUT2D eigenvalue weighted by Gasteiger charge is -2.27. The van der Waals surface area contributed by atoms with Crippen molar-refractivity contribution in [2.45, 2.75) is 50.0 Å². The van der Waals surface area contributed by atoms with Crippen LogP contribution in [-0.4, -0.2) is 11.5 Å². The molecule has 2 fully saturated rings. The van der Waals surface area contributed by atoms with Gasteiger partial charge in [-0.2, -0.15) is 11.8 Å². The van der Waals surface area contributed by atoms with Gasteiger partial charge in [-0.25, -0.2) is 0 Å². The third-order valence-electron chi connectivity index (χ3n) is 4.73. The first-order valence-corrected chi connectivity index (χ1v) is 9.30. The highest BCUT2D eigenvalue weighted by Crippen LogP contribution is 2.40. The minimum Gasteiger partial charge on any atom is -0.321 e. The van der Waals surface area contributed by atoms with E-state index in [1.165, 1.54) is 52.8 Å². The predicted molar refractivity (Wildman–Crippen MR) is 87.8 cm³/mol. The Hall–Kier alpha value is 0.01000. The van der Waals surface area contributed by atoms with Crippen LogP contribution in [0.2, 0.25) is 0 Å². The molecule has 1 nitrogen and oxygen atoms in total. The number of thioether (sulfide) groups is 1. The van der Waals surface area contributed by atoms with Gasteiger partial charge in [0.15, 0.2) is 0 Å². The fourth-order valence-electron chi connectivity index (χ4n) is 3.47. The zero-order valence-electron chi connectivity index (χ0n) is 11.3. The van der Waals surface area contributed by atoms with Crippen molar-refractivity contribution in [1.29, 1.82) is 0 Å². The van der Waals surface area contributed by atoms with Gasteiger partial charge in [0.2, 0.25) is 0 Å². The molecular formula is C16H22BrNS. The van der Waals surface area contributed by atoms with E-state index in [0.29, 0.717) is 0 Å². The molecule has 3 heteroatoms. The Morgan fingerprint density at radius 3 is 2.47 bits per heavy atom. The van der Waals surface area contributed by atoms with Gasteiger partial charge in [0.25, 0.3) is 0 Å². The summed E-state index contributed by atoms with van der Waals surface area (Å²) in [6.45, 7) is 0. The van der Waals surface area contributed by atoms with Crippen molar-refractivity contribution < 1.29 is 0 Å². The van der Waals surface area contributed by atoms with Gasteiger partial charge in [-0.05, 0) is 60.3 Å². The molecule has 1 aliphatic heterocycles. The van der Waals surface area contributed by atoms with Gasteiger partial charge in [0, 0.05) is 10.0 Å². The molecule has 1 saturated carbocycles. The average Bonchev–Trinajstić information content (AvgIpc) is 2.88. The molecule has 3 rings (SSSR count). The largest absolute Gasteiger partial charge is 0.321 e. The normalized spacial score (nSPS) is 23.7. The van der Waals surface area contributed by atoms with Crippen molar-refractivity contribution in [3.63, 3.8) is 0 Å². The van der Waals surface area contributed by atoms with E-state index in [-0.39, 0.29) is 5.54 Å². The van der Waals surface area contributed by atoms with E-state index in [4.69, 9.17) is 5.73 Å². The minimum atomic E-state index is -0.0660. The third-order valence-corrected chi connectivity index (χ3v) is 6.47. The fraction of sp³-hybridized carbons (Fsp3) is 0.625. The second-order valence-corrected chi connectivity index (χ2v) is 8.07. The molecule has 0 unspecified atom stereocenters. The summed E-state index contributed by atoms with van der Waals surface area (Å²) in [6.07, 6.45) is 7.45. The number of halogens is 1. The highest BCUT2D eigenvalue weighted by atomic mass is 79.9.